The molecule has 42 heavy (non-hydrogen) atoms. The third-order valence-electron chi connectivity index (χ3n) is 8.39. The zero-order valence-electron chi connectivity index (χ0n) is 24.3. The molecule has 6 rings (SSSR count). The zero-order valence-corrected chi connectivity index (χ0v) is 24.3. The van der Waals surface area contributed by atoms with E-state index >= 15 is 0 Å². The minimum atomic E-state index is 0.0579. The van der Waals surface area contributed by atoms with Gasteiger partial charge in [-0.15, -0.1) is 0 Å². The number of methoxy groups -OCH3 is 1. The first-order valence-electron chi connectivity index (χ1n) is 14.4. The molecule has 216 valence electrons. The Balaban J connectivity index is 1.30. The summed E-state index contributed by atoms with van der Waals surface area (Å²) in [6.07, 6.45) is 6.49. The average molecular weight is 565 g/mol. The second kappa shape index (κ2) is 11.8. The first kappa shape index (κ1) is 27.7. The summed E-state index contributed by atoms with van der Waals surface area (Å²) in [5.74, 6) is 2.87. The van der Waals surface area contributed by atoms with Crippen LogP contribution in [0.1, 0.15) is 46.4 Å². The maximum absolute atomic E-state index is 10.1. The van der Waals surface area contributed by atoms with Crippen molar-refractivity contribution in [2.24, 2.45) is 0 Å². The van der Waals surface area contributed by atoms with E-state index in [1.807, 2.05) is 35.0 Å². The molecule has 10 nitrogen and oxygen atoms in total. The number of aryl methyl sites for hydroxylation is 1. The molecular weight excluding hydrogens is 528 g/mol. The zero-order chi connectivity index (χ0) is 29.2. The van der Waals surface area contributed by atoms with Gasteiger partial charge in [0, 0.05) is 37.8 Å². The monoisotopic (exact) mass is 564 g/mol. The Morgan fingerprint density at radius 2 is 2.05 bits per heavy atom. The Kier molecular flexibility index (Phi) is 7.78. The highest BCUT2D eigenvalue weighted by Gasteiger charge is 2.31. The quantitative estimate of drug-likeness (QED) is 0.321. The first-order valence-corrected chi connectivity index (χ1v) is 14.4. The van der Waals surface area contributed by atoms with E-state index in [0.29, 0.717) is 23.9 Å². The van der Waals surface area contributed by atoms with Gasteiger partial charge in [-0.2, -0.15) is 10.2 Å². The molecule has 2 aromatic carbocycles. The number of aliphatic hydroxyl groups excluding tert-OH is 1. The first-order chi connectivity index (χ1) is 20.4. The fourth-order valence-corrected chi connectivity index (χ4v) is 6.01. The van der Waals surface area contributed by atoms with Gasteiger partial charge in [0.2, 0.25) is 5.95 Å². The van der Waals surface area contributed by atoms with Crippen LogP contribution in [0.15, 0.2) is 48.9 Å². The number of aromatic nitrogens is 4. The van der Waals surface area contributed by atoms with Gasteiger partial charge in [0.1, 0.15) is 17.9 Å². The van der Waals surface area contributed by atoms with E-state index in [1.165, 1.54) is 0 Å². The third-order valence-corrected chi connectivity index (χ3v) is 8.39. The van der Waals surface area contributed by atoms with Gasteiger partial charge >= 0.3 is 0 Å². The summed E-state index contributed by atoms with van der Waals surface area (Å²) < 4.78 is 7.52. The molecule has 0 radical (unpaired) electrons. The lowest BCUT2D eigenvalue weighted by molar-refractivity contribution is 0.240. The van der Waals surface area contributed by atoms with Crippen LogP contribution >= 0.6 is 0 Å². The van der Waals surface area contributed by atoms with Crippen LogP contribution in [0, 0.1) is 25.2 Å². The summed E-state index contributed by atoms with van der Waals surface area (Å²) in [7, 11) is 1.68. The van der Waals surface area contributed by atoms with Gasteiger partial charge in [-0.05, 0) is 68.0 Å². The predicted octanol–water partition coefficient (Wildman–Crippen LogP) is 4.42. The van der Waals surface area contributed by atoms with Gasteiger partial charge in [-0.1, -0.05) is 12.1 Å². The minimum Gasteiger partial charge on any atom is -0.496 e. The molecule has 0 bridgehead atoms. The summed E-state index contributed by atoms with van der Waals surface area (Å²) >= 11 is 0. The Morgan fingerprint density at radius 3 is 2.86 bits per heavy atom. The van der Waals surface area contributed by atoms with E-state index in [0.717, 1.165) is 84.1 Å². The van der Waals surface area contributed by atoms with Crippen molar-refractivity contribution in [3.8, 4) is 17.5 Å². The molecule has 0 unspecified atom stereocenters. The van der Waals surface area contributed by atoms with Crippen LogP contribution in [-0.4, -0.2) is 62.4 Å². The van der Waals surface area contributed by atoms with Crippen LogP contribution in [0.25, 0.3) is 5.69 Å². The van der Waals surface area contributed by atoms with Crippen molar-refractivity contribution in [1.82, 2.24) is 24.4 Å². The molecule has 0 spiro atoms. The van der Waals surface area contributed by atoms with E-state index < -0.39 is 0 Å². The lowest BCUT2D eigenvalue weighted by atomic mass is 10.0. The van der Waals surface area contributed by atoms with E-state index in [1.54, 1.807) is 13.4 Å². The fourth-order valence-electron chi connectivity index (χ4n) is 6.01. The summed E-state index contributed by atoms with van der Waals surface area (Å²) in [5.41, 5.74) is 7.12. The number of nitrogens with one attached hydrogen (secondary N) is 1. The predicted molar refractivity (Wildman–Crippen MR) is 161 cm³/mol. The number of rotatable bonds is 8. The number of benzene rings is 2. The number of aliphatic hydroxyl groups is 1. The van der Waals surface area contributed by atoms with Gasteiger partial charge in [0.15, 0.2) is 5.82 Å². The average Bonchev–Trinajstić information content (AvgIpc) is 3.68. The van der Waals surface area contributed by atoms with Crippen LogP contribution in [0.5, 0.6) is 5.75 Å². The smallest absolute Gasteiger partial charge is 0.230 e. The summed E-state index contributed by atoms with van der Waals surface area (Å²) in [6, 6.07) is 14.2. The van der Waals surface area contributed by atoms with E-state index in [2.05, 4.69) is 52.2 Å². The molecule has 0 aliphatic carbocycles. The number of nitrogens with zero attached hydrogens (tertiary/aromatic N) is 7. The molecule has 1 fully saturated rings. The van der Waals surface area contributed by atoms with Crippen molar-refractivity contribution in [1.29, 1.82) is 5.26 Å². The maximum atomic E-state index is 10.1. The molecular formula is C32H36N8O2. The Labute approximate surface area is 246 Å². The number of anilines is 3. The highest BCUT2D eigenvalue weighted by molar-refractivity contribution is 5.58. The number of fused-ring (bicyclic) bond motifs is 1. The van der Waals surface area contributed by atoms with Gasteiger partial charge in [-0.3, -0.25) is 4.90 Å². The van der Waals surface area contributed by atoms with E-state index in [-0.39, 0.29) is 12.6 Å². The second-order valence-electron chi connectivity index (χ2n) is 11.1. The van der Waals surface area contributed by atoms with E-state index in [4.69, 9.17) is 14.7 Å². The number of imidazole rings is 1. The molecule has 1 atom stereocenters. The van der Waals surface area contributed by atoms with Gasteiger partial charge < -0.3 is 24.6 Å². The lowest BCUT2D eigenvalue weighted by Crippen LogP contribution is -2.37. The minimum absolute atomic E-state index is 0.0579. The summed E-state index contributed by atoms with van der Waals surface area (Å²) in [5, 5.41) is 22.7. The van der Waals surface area contributed by atoms with Crippen LogP contribution in [0.2, 0.25) is 0 Å². The van der Waals surface area contributed by atoms with Crippen LogP contribution in [0.4, 0.5) is 17.6 Å². The SMILES string of the molecule is COc1cc(-n2cnc(Nc3nc4c(c(N5CCC[C@H]5CO)n3)CCN(Cc3cccc(C#N)c3)C4)c2)cc(C)c1C. The Morgan fingerprint density at radius 1 is 1.17 bits per heavy atom. The molecule has 10 heteroatoms. The number of ether oxygens (including phenoxy) is 1. The molecule has 0 amide bonds. The Bertz CT molecular complexity index is 1640. The van der Waals surface area contributed by atoms with Crippen molar-refractivity contribution in [2.75, 3.05) is 37.0 Å². The van der Waals surface area contributed by atoms with Crippen LogP contribution in [-0.2, 0) is 19.5 Å². The molecule has 2 N–H and O–H groups in total. The molecule has 2 aromatic heterocycles. The van der Waals surface area contributed by atoms with Gasteiger partial charge in [-0.25, -0.2) is 9.97 Å². The fraction of sp³-hybridized carbons (Fsp3) is 0.375. The topological polar surface area (TPSA) is 115 Å². The third kappa shape index (κ3) is 5.53. The Hall–Kier alpha value is -4.46. The van der Waals surface area contributed by atoms with Crippen molar-refractivity contribution < 1.29 is 9.84 Å². The normalized spacial score (nSPS) is 16.7. The largest absolute Gasteiger partial charge is 0.496 e. The van der Waals surface area contributed by atoms with Crippen molar-refractivity contribution >= 4 is 17.6 Å². The van der Waals surface area contributed by atoms with Gasteiger partial charge in [0.25, 0.3) is 0 Å². The molecule has 4 heterocycles. The van der Waals surface area contributed by atoms with Crippen molar-refractivity contribution in [3.63, 3.8) is 0 Å². The van der Waals surface area contributed by atoms with Crippen LogP contribution in [0.3, 0.4) is 0 Å². The molecule has 4 aromatic rings. The highest BCUT2D eigenvalue weighted by Crippen LogP contribution is 2.33. The van der Waals surface area contributed by atoms with Gasteiger partial charge in [0.05, 0.1) is 49.0 Å². The number of hydrogen-bond acceptors (Lipinski definition) is 9. The molecule has 0 saturated carbocycles. The molecule has 2 aliphatic rings. The highest BCUT2D eigenvalue weighted by atomic mass is 16.5. The number of hydrogen-bond donors (Lipinski definition) is 2. The van der Waals surface area contributed by atoms with Crippen molar-refractivity contribution in [2.45, 2.75) is 52.2 Å². The summed E-state index contributed by atoms with van der Waals surface area (Å²) in [6.45, 7) is 7.37. The maximum Gasteiger partial charge on any atom is 0.230 e. The molecule has 1 saturated heterocycles. The second-order valence-corrected chi connectivity index (χ2v) is 11.1. The summed E-state index contributed by atoms with van der Waals surface area (Å²) in [4.78, 5) is 19.2. The molecule has 2 aliphatic heterocycles. The van der Waals surface area contributed by atoms with Crippen molar-refractivity contribution in [3.05, 3.63) is 82.4 Å². The number of nitriles is 1. The van der Waals surface area contributed by atoms with Crippen LogP contribution < -0.4 is 15.0 Å². The lowest BCUT2D eigenvalue weighted by Gasteiger charge is -2.33. The standard InChI is InChI=1S/C32H36N8O2/c1-21-12-26(14-29(42-3)22(21)2)39-18-30(34-20-39)36-32-35-28-17-38(16-24-7-4-6-23(13-24)15-33)11-9-27(28)31(37-32)40-10-5-8-25(40)19-41/h4,6-7,12-14,18,20,25,41H,5,8-11,16-17,19H2,1-3H3,(H,35,36,37)/t25-/m0/s1. The van der Waals surface area contributed by atoms with E-state index in [9.17, 15) is 10.4 Å².